The highest BCUT2D eigenvalue weighted by atomic mass is 16.2. The fourth-order valence-corrected chi connectivity index (χ4v) is 4.03. The SMILES string of the molecule is Cc1ccc(NC2CCN(C(=O)CNC(=O)c3cc(-c4ccccc4)[nH]n3)CC2)c(C)c1. The summed E-state index contributed by atoms with van der Waals surface area (Å²) in [5, 5.41) is 13.2. The Labute approximate surface area is 188 Å². The number of nitrogens with one attached hydrogen (secondary N) is 3. The number of aromatic nitrogens is 2. The van der Waals surface area contributed by atoms with E-state index < -0.39 is 0 Å². The number of piperidine rings is 1. The van der Waals surface area contributed by atoms with Crippen molar-refractivity contribution in [2.75, 3.05) is 25.0 Å². The molecule has 32 heavy (non-hydrogen) atoms. The van der Waals surface area contributed by atoms with Crippen molar-refractivity contribution in [3.05, 3.63) is 71.4 Å². The zero-order valence-corrected chi connectivity index (χ0v) is 18.5. The van der Waals surface area contributed by atoms with Gasteiger partial charge in [-0.25, -0.2) is 0 Å². The summed E-state index contributed by atoms with van der Waals surface area (Å²) in [6.45, 7) is 5.53. The predicted molar refractivity (Wildman–Crippen MR) is 125 cm³/mol. The van der Waals surface area contributed by atoms with Crippen molar-refractivity contribution in [3.63, 3.8) is 0 Å². The summed E-state index contributed by atoms with van der Waals surface area (Å²) in [5.41, 5.74) is 5.63. The number of anilines is 1. The van der Waals surface area contributed by atoms with Crippen molar-refractivity contribution in [3.8, 4) is 11.3 Å². The molecule has 3 N–H and O–H groups in total. The monoisotopic (exact) mass is 431 g/mol. The molecule has 1 fully saturated rings. The predicted octanol–water partition coefficient (Wildman–Crippen LogP) is 3.53. The van der Waals surface area contributed by atoms with Gasteiger partial charge in [-0.3, -0.25) is 14.7 Å². The topological polar surface area (TPSA) is 90.1 Å². The first-order valence-corrected chi connectivity index (χ1v) is 11.0. The molecule has 7 heteroatoms. The maximum Gasteiger partial charge on any atom is 0.272 e. The Kier molecular flexibility index (Phi) is 6.54. The number of carbonyl (C=O) groups excluding carboxylic acids is 2. The number of carbonyl (C=O) groups is 2. The van der Waals surface area contributed by atoms with Crippen LogP contribution < -0.4 is 10.6 Å². The molecule has 2 heterocycles. The van der Waals surface area contributed by atoms with Crippen LogP contribution in [0.15, 0.2) is 54.6 Å². The second-order valence-electron chi connectivity index (χ2n) is 8.33. The Morgan fingerprint density at radius 1 is 1.06 bits per heavy atom. The lowest BCUT2D eigenvalue weighted by Crippen LogP contribution is -2.46. The molecule has 0 unspecified atom stereocenters. The number of H-pyrrole nitrogens is 1. The Bertz CT molecular complexity index is 1080. The highest BCUT2D eigenvalue weighted by Gasteiger charge is 2.23. The van der Waals surface area contributed by atoms with E-state index in [1.807, 2.05) is 35.2 Å². The lowest BCUT2D eigenvalue weighted by Gasteiger charge is -2.33. The maximum atomic E-state index is 12.6. The summed E-state index contributed by atoms with van der Waals surface area (Å²) in [6, 6.07) is 18.1. The summed E-state index contributed by atoms with van der Waals surface area (Å²) in [7, 11) is 0. The van der Waals surface area contributed by atoms with E-state index in [-0.39, 0.29) is 24.1 Å². The molecule has 1 saturated heterocycles. The minimum atomic E-state index is -0.358. The van der Waals surface area contributed by atoms with Gasteiger partial charge in [0.2, 0.25) is 5.91 Å². The number of benzene rings is 2. The molecule has 0 aliphatic carbocycles. The van der Waals surface area contributed by atoms with E-state index in [1.54, 1.807) is 6.07 Å². The van der Waals surface area contributed by atoms with Gasteiger partial charge < -0.3 is 15.5 Å². The average Bonchev–Trinajstić information content (AvgIpc) is 3.31. The van der Waals surface area contributed by atoms with E-state index in [1.165, 1.54) is 11.1 Å². The lowest BCUT2D eigenvalue weighted by atomic mass is 10.0. The molecule has 0 saturated carbocycles. The molecule has 1 aliphatic heterocycles. The van der Waals surface area contributed by atoms with Crippen molar-refractivity contribution < 1.29 is 9.59 Å². The molecule has 1 aliphatic rings. The number of hydrogen-bond donors (Lipinski definition) is 3. The van der Waals surface area contributed by atoms with Gasteiger partial charge in [0.25, 0.3) is 5.91 Å². The van der Waals surface area contributed by atoms with Gasteiger partial charge >= 0.3 is 0 Å². The third-order valence-electron chi connectivity index (χ3n) is 5.88. The van der Waals surface area contributed by atoms with Crippen molar-refractivity contribution >= 4 is 17.5 Å². The van der Waals surface area contributed by atoms with Crippen LogP contribution in [0.4, 0.5) is 5.69 Å². The normalized spacial score (nSPS) is 14.2. The quantitative estimate of drug-likeness (QED) is 0.557. The van der Waals surface area contributed by atoms with Gasteiger partial charge in [0.1, 0.15) is 0 Å². The maximum absolute atomic E-state index is 12.6. The van der Waals surface area contributed by atoms with Crippen molar-refractivity contribution in [1.82, 2.24) is 20.4 Å². The van der Waals surface area contributed by atoms with E-state index in [0.717, 1.165) is 29.8 Å². The van der Waals surface area contributed by atoms with Crippen LogP contribution in [0.25, 0.3) is 11.3 Å². The molecule has 2 aromatic carbocycles. The molecule has 0 spiro atoms. The second kappa shape index (κ2) is 9.68. The minimum Gasteiger partial charge on any atom is -0.382 e. The Balaban J connectivity index is 1.24. The Morgan fingerprint density at radius 2 is 1.81 bits per heavy atom. The van der Waals surface area contributed by atoms with Gasteiger partial charge in [0.05, 0.1) is 12.2 Å². The van der Waals surface area contributed by atoms with Crippen LogP contribution in [-0.2, 0) is 4.79 Å². The van der Waals surface area contributed by atoms with Gasteiger partial charge in [0, 0.05) is 24.8 Å². The zero-order valence-electron chi connectivity index (χ0n) is 18.5. The van der Waals surface area contributed by atoms with Gasteiger partial charge in [-0.05, 0) is 49.9 Å². The summed E-state index contributed by atoms with van der Waals surface area (Å²) >= 11 is 0. The fourth-order valence-electron chi connectivity index (χ4n) is 4.03. The van der Waals surface area contributed by atoms with E-state index in [9.17, 15) is 9.59 Å². The number of nitrogens with zero attached hydrogens (tertiary/aromatic N) is 2. The van der Waals surface area contributed by atoms with Gasteiger partial charge in [-0.2, -0.15) is 5.10 Å². The number of aromatic amines is 1. The van der Waals surface area contributed by atoms with Crippen LogP contribution in [0.2, 0.25) is 0 Å². The van der Waals surface area contributed by atoms with Gasteiger partial charge in [-0.15, -0.1) is 0 Å². The Hall–Kier alpha value is -3.61. The van der Waals surface area contributed by atoms with Crippen LogP contribution in [0.5, 0.6) is 0 Å². The summed E-state index contributed by atoms with van der Waals surface area (Å²) in [6.07, 6.45) is 1.76. The number of aryl methyl sites for hydroxylation is 2. The lowest BCUT2D eigenvalue weighted by molar-refractivity contribution is -0.131. The molecular formula is C25H29N5O2. The zero-order chi connectivity index (χ0) is 22.5. The molecule has 3 aromatic rings. The molecule has 2 amide bonds. The van der Waals surface area contributed by atoms with E-state index in [0.29, 0.717) is 19.1 Å². The van der Waals surface area contributed by atoms with E-state index >= 15 is 0 Å². The second-order valence-corrected chi connectivity index (χ2v) is 8.33. The fraction of sp³-hybridized carbons (Fsp3) is 0.320. The van der Waals surface area contributed by atoms with Crippen LogP contribution in [-0.4, -0.2) is 52.6 Å². The number of hydrogen-bond acceptors (Lipinski definition) is 4. The van der Waals surface area contributed by atoms with Crippen molar-refractivity contribution in [1.29, 1.82) is 0 Å². The van der Waals surface area contributed by atoms with Gasteiger partial charge in [0.15, 0.2) is 5.69 Å². The van der Waals surface area contributed by atoms with E-state index in [4.69, 9.17) is 0 Å². The van der Waals surface area contributed by atoms with Crippen LogP contribution in [0, 0.1) is 13.8 Å². The summed E-state index contributed by atoms with van der Waals surface area (Å²) in [4.78, 5) is 26.8. The highest BCUT2D eigenvalue weighted by molar-refractivity contribution is 5.95. The molecule has 4 rings (SSSR count). The third-order valence-corrected chi connectivity index (χ3v) is 5.88. The third kappa shape index (κ3) is 5.17. The molecule has 7 nitrogen and oxygen atoms in total. The molecule has 166 valence electrons. The van der Waals surface area contributed by atoms with Crippen LogP contribution >= 0.6 is 0 Å². The first kappa shape index (κ1) is 21.6. The van der Waals surface area contributed by atoms with E-state index in [2.05, 4.69) is 52.9 Å². The smallest absolute Gasteiger partial charge is 0.272 e. The molecular weight excluding hydrogens is 402 g/mol. The largest absolute Gasteiger partial charge is 0.382 e. The number of amides is 2. The first-order valence-electron chi connectivity index (χ1n) is 11.0. The van der Waals surface area contributed by atoms with Crippen LogP contribution in [0.1, 0.15) is 34.5 Å². The first-order chi connectivity index (χ1) is 15.5. The Morgan fingerprint density at radius 3 is 2.53 bits per heavy atom. The number of rotatable bonds is 6. The standard InChI is InChI=1S/C25H29N5O2/c1-17-8-9-21(18(2)14-17)27-20-10-12-30(13-11-20)24(31)16-26-25(32)23-15-22(28-29-23)19-6-4-3-5-7-19/h3-9,14-15,20,27H,10-13,16H2,1-2H3,(H,26,32)(H,28,29). The van der Waals surface area contributed by atoms with Crippen molar-refractivity contribution in [2.45, 2.75) is 32.7 Å². The molecule has 0 atom stereocenters. The molecule has 0 radical (unpaired) electrons. The molecule has 1 aromatic heterocycles. The minimum absolute atomic E-state index is 0.0263. The van der Waals surface area contributed by atoms with Crippen LogP contribution in [0.3, 0.4) is 0 Å². The molecule has 0 bridgehead atoms. The highest BCUT2D eigenvalue weighted by Crippen LogP contribution is 2.21. The van der Waals surface area contributed by atoms with Crippen molar-refractivity contribution in [2.24, 2.45) is 0 Å². The summed E-state index contributed by atoms with van der Waals surface area (Å²) in [5.74, 6) is -0.426. The summed E-state index contributed by atoms with van der Waals surface area (Å²) < 4.78 is 0. The number of likely N-dealkylation sites (tertiary alicyclic amines) is 1. The van der Waals surface area contributed by atoms with Gasteiger partial charge in [-0.1, -0.05) is 48.0 Å². The average molecular weight is 432 g/mol.